The molecule has 0 spiro atoms. The topological polar surface area (TPSA) is 79.2 Å². The smallest absolute Gasteiger partial charge is 0.325 e. The van der Waals surface area contributed by atoms with E-state index in [1.165, 1.54) is 18.7 Å². The Morgan fingerprint density at radius 3 is 2.80 bits per heavy atom. The number of anilines is 1. The summed E-state index contributed by atoms with van der Waals surface area (Å²) in [4.78, 5) is 30.4. The molecule has 4 rings (SSSR count). The van der Waals surface area contributed by atoms with E-state index in [9.17, 15) is 9.59 Å². The Kier molecular flexibility index (Phi) is 5.66. The lowest BCUT2D eigenvalue weighted by molar-refractivity contribution is -0.763. The molecular formula is C21H20BrN4O3S+. The number of benzene rings is 2. The van der Waals surface area contributed by atoms with Gasteiger partial charge in [0.25, 0.3) is 6.17 Å². The van der Waals surface area contributed by atoms with Gasteiger partial charge in [-0.2, -0.15) is 0 Å². The Morgan fingerprint density at radius 1 is 1.33 bits per heavy atom. The largest absolute Gasteiger partial charge is 0.494 e. The summed E-state index contributed by atoms with van der Waals surface area (Å²) in [6.45, 7) is 3.94. The molecule has 0 unspecified atom stereocenters. The number of hydrogen-bond donors (Lipinski definition) is 1. The van der Waals surface area contributed by atoms with E-state index in [1.807, 2.05) is 55.6 Å². The molecule has 0 saturated heterocycles. The van der Waals surface area contributed by atoms with Crippen LogP contribution in [0.3, 0.4) is 0 Å². The Bertz CT molecular complexity index is 1200. The number of rotatable bonds is 4. The number of thioether (sulfide) groups is 1. The standard InChI is InChI=1S/C21H19BrN4O3S/c1-4-29-13-9-10-16(22)15(11-13)20-25(12(2)27)17-8-6-5-7-14(17)18-19(28)23-21(30-3)24-26(18)20/h5-11,20H,4H2,1-3H3/p+1/t20-/m0/s1. The molecule has 7 nitrogen and oxygen atoms in total. The van der Waals surface area contributed by atoms with Crippen molar-refractivity contribution in [2.75, 3.05) is 17.8 Å². The van der Waals surface area contributed by atoms with Crippen molar-refractivity contribution in [3.05, 3.63) is 62.9 Å². The number of para-hydroxylation sites is 1. The van der Waals surface area contributed by atoms with Gasteiger partial charge in [0.1, 0.15) is 5.75 Å². The number of hydrogen-bond acceptors (Lipinski definition) is 5. The molecule has 2 heterocycles. The maximum atomic E-state index is 13.0. The van der Waals surface area contributed by atoms with Crippen molar-refractivity contribution < 1.29 is 14.2 Å². The number of carbonyl (C=O) groups is 1. The number of halogens is 1. The van der Waals surface area contributed by atoms with Crippen LogP contribution in [-0.4, -0.2) is 28.9 Å². The molecule has 154 valence electrons. The molecule has 1 aliphatic heterocycles. The van der Waals surface area contributed by atoms with E-state index in [0.717, 1.165) is 10.0 Å². The van der Waals surface area contributed by atoms with E-state index in [4.69, 9.17) is 4.74 Å². The first kappa shape index (κ1) is 20.6. The second-order valence-corrected chi connectivity index (χ2v) is 8.30. The fourth-order valence-corrected chi connectivity index (χ4v) is 4.48. The van der Waals surface area contributed by atoms with E-state index in [-0.39, 0.29) is 11.5 Å². The molecule has 2 aromatic carbocycles. The zero-order chi connectivity index (χ0) is 21.4. The van der Waals surface area contributed by atoms with Crippen LogP contribution in [0.15, 0.2) is 56.9 Å². The maximum Gasteiger partial charge on any atom is 0.325 e. The highest BCUT2D eigenvalue weighted by molar-refractivity contribution is 9.10. The van der Waals surface area contributed by atoms with Crippen molar-refractivity contribution >= 4 is 39.3 Å². The lowest BCUT2D eigenvalue weighted by atomic mass is 10.0. The van der Waals surface area contributed by atoms with Crippen molar-refractivity contribution in [1.82, 2.24) is 10.1 Å². The van der Waals surface area contributed by atoms with Gasteiger partial charge in [0.05, 0.1) is 23.4 Å². The Hall–Kier alpha value is -2.65. The maximum absolute atomic E-state index is 13.0. The summed E-state index contributed by atoms with van der Waals surface area (Å²) in [5.41, 5.74) is 2.23. The highest BCUT2D eigenvalue weighted by Crippen LogP contribution is 2.39. The number of aromatic nitrogens is 3. The molecular weight excluding hydrogens is 468 g/mol. The average molecular weight is 488 g/mol. The van der Waals surface area contributed by atoms with Crippen LogP contribution in [0.2, 0.25) is 0 Å². The van der Waals surface area contributed by atoms with Crippen LogP contribution in [0.4, 0.5) is 5.69 Å². The predicted octanol–water partition coefficient (Wildman–Crippen LogP) is 3.52. The van der Waals surface area contributed by atoms with Gasteiger partial charge in [0.15, 0.2) is 0 Å². The number of nitrogens with one attached hydrogen (secondary N) is 1. The highest BCUT2D eigenvalue weighted by atomic mass is 79.9. The van der Waals surface area contributed by atoms with Crippen LogP contribution in [-0.2, 0) is 4.79 Å². The van der Waals surface area contributed by atoms with E-state index in [0.29, 0.717) is 34.5 Å². The molecule has 30 heavy (non-hydrogen) atoms. The summed E-state index contributed by atoms with van der Waals surface area (Å²) in [6.07, 6.45) is 1.18. The number of fused-ring (bicyclic) bond motifs is 3. The number of aromatic amines is 1. The van der Waals surface area contributed by atoms with E-state index in [1.54, 1.807) is 9.58 Å². The summed E-state index contributed by atoms with van der Waals surface area (Å²) >= 11 is 4.95. The van der Waals surface area contributed by atoms with Gasteiger partial charge < -0.3 is 4.74 Å². The number of ether oxygens (including phenoxy) is 1. The third-order valence-electron chi connectivity index (χ3n) is 4.85. The minimum Gasteiger partial charge on any atom is -0.494 e. The summed E-state index contributed by atoms with van der Waals surface area (Å²) in [7, 11) is 0. The molecule has 1 N–H and O–H groups in total. The van der Waals surface area contributed by atoms with Crippen molar-refractivity contribution in [3.8, 4) is 17.0 Å². The first-order valence-corrected chi connectivity index (χ1v) is 11.4. The Morgan fingerprint density at radius 2 is 2.10 bits per heavy atom. The molecule has 1 aromatic heterocycles. The van der Waals surface area contributed by atoms with E-state index >= 15 is 0 Å². The van der Waals surface area contributed by atoms with Crippen molar-refractivity contribution in [2.45, 2.75) is 25.2 Å². The average Bonchev–Trinajstić information content (AvgIpc) is 2.73. The molecule has 1 aliphatic rings. The summed E-state index contributed by atoms with van der Waals surface area (Å²) in [5, 5.41) is 5.13. The minimum atomic E-state index is -0.657. The summed E-state index contributed by atoms with van der Waals surface area (Å²) < 4.78 is 8.10. The number of nitrogens with zero attached hydrogens (tertiary/aromatic N) is 3. The van der Waals surface area contributed by atoms with Crippen LogP contribution < -0.4 is 19.9 Å². The lowest BCUT2D eigenvalue weighted by Crippen LogP contribution is -2.60. The Balaban J connectivity index is 2.08. The SMILES string of the molecule is CCOc1ccc(Br)c([C@H]2N(C(C)=O)c3ccccc3-c3c(=O)[nH]c(SC)n[n+]32)c1. The minimum absolute atomic E-state index is 0.160. The summed E-state index contributed by atoms with van der Waals surface area (Å²) in [5.74, 6) is 0.516. The zero-order valence-electron chi connectivity index (χ0n) is 16.7. The quantitative estimate of drug-likeness (QED) is 0.449. The third kappa shape index (κ3) is 3.41. The fourth-order valence-electron chi connectivity index (χ4n) is 3.66. The summed E-state index contributed by atoms with van der Waals surface area (Å²) in [6, 6.07) is 13.0. The molecule has 0 aliphatic carbocycles. The van der Waals surface area contributed by atoms with Crippen molar-refractivity contribution in [2.24, 2.45) is 0 Å². The molecule has 1 amide bonds. The molecule has 0 fully saturated rings. The molecule has 0 saturated carbocycles. The van der Waals surface area contributed by atoms with Crippen LogP contribution >= 0.6 is 27.7 Å². The van der Waals surface area contributed by atoms with Crippen LogP contribution in [0.5, 0.6) is 5.75 Å². The first-order chi connectivity index (χ1) is 14.5. The normalized spacial score (nSPS) is 14.8. The van der Waals surface area contributed by atoms with Crippen LogP contribution in [0.25, 0.3) is 11.3 Å². The first-order valence-electron chi connectivity index (χ1n) is 9.37. The highest BCUT2D eigenvalue weighted by Gasteiger charge is 2.45. The van der Waals surface area contributed by atoms with Crippen LogP contribution in [0.1, 0.15) is 25.6 Å². The molecule has 9 heteroatoms. The van der Waals surface area contributed by atoms with Gasteiger partial charge in [-0.3, -0.25) is 14.6 Å². The molecule has 0 bridgehead atoms. The molecule has 3 aromatic rings. The lowest BCUT2D eigenvalue weighted by Gasteiger charge is -2.31. The molecule has 1 atom stereocenters. The van der Waals surface area contributed by atoms with Gasteiger partial charge in [0, 0.05) is 16.5 Å². The third-order valence-corrected chi connectivity index (χ3v) is 6.14. The second kappa shape index (κ2) is 8.23. The van der Waals surface area contributed by atoms with Crippen LogP contribution in [0, 0.1) is 0 Å². The Labute approximate surface area is 186 Å². The number of H-pyrrole nitrogens is 1. The fraction of sp³-hybridized carbons (Fsp3) is 0.238. The van der Waals surface area contributed by atoms with Gasteiger partial charge in [-0.15, -0.1) is 0 Å². The second-order valence-electron chi connectivity index (χ2n) is 6.65. The van der Waals surface area contributed by atoms with Gasteiger partial charge >= 0.3 is 11.3 Å². The zero-order valence-corrected chi connectivity index (χ0v) is 19.1. The van der Waals surface area contributed by atoms with Crippen molar-refractivity contribution in [1.29, 1.82) is 0 Å². The number of carbonyl (C=O) groups excluding carboxylic acids is 1. The predicted molar refractivity (Wildman–Crippen MR) is 119 cm³/mol. The van der Waals surface area contributed by atoms with E-state index in [2.05, 4.69) is 26.0 Å². The van der Waals surface area contributed by atoms with Gasteiger partial charge in [-0.05, 0) is 48.2 Å². The van der Waals surface area contributed by atoms with Crippen molar-refractivity contribution in [3.63, 3.8) is 0 Å². The number of amides is 1. The van der Waals surface area contributed by atoms with Gasteiger partial charge in [0.2, 0.25) is 11.1 Å². The van der Waals surface area contributed by atoms with Gasteiger partial charge in [-0.1, -0.05) is 39.8 Å². The monoisotopic (exact) mass is 487 g/mol. The van der Waals surface area contributed by atoms with Gasteiger partial charge in [-0.25, -0.2) is 4.90 Å². The molecule has 0 radical (unpaired) electrons. The van der Waals surface area contributed by atoms with E-state index < -0.39 is 6.17 Å².